The molecule has 2 aromatic rings. The molecule has 21 heavy (non-hydrogen) atoms. The molecule has 2 heterocycles. The van der Waals surface area contributed by atoms with Crippen LogP contribution in [0.15, 0.2) is 25.4 Å². The van der Waals surface area contributed by atoms with Crippen LogP contribution in [0.25, 0.3) is 0 Å². The molecule has 0 aliphatic heterocycles. The lowest BCUT2D eigenvalue weighted by atomic mass is 9.93. The number of hydrogen-bond donors (Lipinski definition) is 2. The number of nitrogens with one attached hydrogen (secondary N) is 1. The van der Waals surface area contributed by atoms with Gasteiger partial charge in [-0.15, -0.1) is 11.3 Å². The summed E-state index contributed by atoms with van der Waals surface area (Å²) in [4.78, 5) is 4.21. The molecule has 0 saturated carbocycles. The zero-order chi connectivity index (χ0) is 15.8. The molecule has 2 N–H and O–H groups in total. The van der Waals surface area contributed by atoms with E-state index in [4.69, 9.17) is 9.52 Å². The van der Waals surface area contributed by atoms with Crippen molar-refractivity contribution in [2.24, 2.45) is 0 Å². The van der Waals surface area contributed by atoms with Gasteiger partial charge in [0.15, 0.2) is 9.80 Å². The van der Waals surface area contributed by atoms with E-state index in [1.54, 1.807) is 0 Å². The van der Waals surface area contributed by atoms with Gasteiger partial charge in [0.2, 0.25) is 0 Å². The normalized spacial score (nSPS) is 12.6. The number of rotatable bonds is 4. The molecule has 0 amide bonds. The number of halogens is 1. The van der Waals surface area contributed by atoms with Crippen molar-refractivity contribution in [3.63, 3.8) is 0 Å². The van der Waals surface area contributed by atoms with Gasteiger partial charge in [0.1, 0.15) is 17.3 Å². The maximum absolute atomic E-state index is 12.3. The number of aromatic nitrogens is 1. The minimum atomic E-state index is -3.82. The Morgan fingerprint density at radius 3 is 2.62 bits per heavy atom. The largest absolute Gasteiger partial charge is 0.450 e. The van der Waals surface area contributed by atoms with E-state index in [1.165, 1.54) is 17.4 Å². The summed E-state index contributed by atoms with van der Waals surface area (Å²) in [7, 11) is -3.82. The average molecular weight is 395 g/mol. The zero-order valence-corrected chi connectivity index (χ0v) is 14.9. The third-order valence-corrected chi connectivity index (χ3v) is 5.73. The van der Waals surface area contributed by atoms with Crippen LogP contribution in [0.5, 0.6) is 0 Å². The summed E-state index contributed by atoms with van der Waals surface area (Å²) in [5.41, 5.74) is 0.660. The molecule has 0 saturated heterocycles. The quantitative estimate of drug-likeness (QED) is 0.830. The molecule has 2 rings (SSSR count). The Bertz CT molecular complexity index is 744. The molecule has 0 atom stereocenters. The molecular weight excluding hydrogens is 380 g/mol. The topological polar surface area (TPSA) is 92.4 Å². The van der Waals surface area contributed by atoms with Crippen molar-refractivity contribution in [3.05, 3.63) is 27.6 Å². The monoisotopic (exact) mass is 394 g/mol. The summed E-state index contributed by atoms with van der Waals surface area (Å²) >= 11 is 4.25. The minimum absolute atomic E-state index is 0.0478. The van der Waals surface area contributed by atoms with Gasteiger partial charge in [-0.1, -0.05) is 20.8 Å². The van der Waals surface area contributed by atoms with E-state index in [0.717, 1.165) is 5.69 Å². The third-order valence-electron chi connectivity index (χ3n) is 2.65. The van der Waals surface area contributed by atoms with Crippen LogP contribution in [-0.2, 0) is 22.0 Å². The Morgan fingerprint density at radius 1 is 1.48 bits per heavy atom. The lowest BCUT2D eigenvalue weighted by molar-refractivity contribution is 0.245. The molecule has 0 aromatic carbocycles. The van der Waals surface area contributed by atoms with Gasteiger partial charge in [0, 0.05) is 16.9 Å². The Hall–Kier alpha value is -0.900. The van der Waals surface area contributed by atoms with E-state index in [0.29, 0.717) is 5.13 Å². The number of thiazole rings is 1. The Balaban J connectivity index is 2.29. The van der Waals surface area contributed by atoms with Crippen LogP contribution in [0, 0.1) is 0 Å². The lowest BCUT2D eigenvalue weighted by Crippen LogP contribution is -2.14. The minimum Gasteiger partial charge on any atom is -0.450 e. The number of anilines is 1. The van der Waals surface area contributed by atoms with Gasteiger partial charge < -0.3 is 9.52 Å². The number of aliphatic hydroxyl groups excluding tert-OH is 1. The van der Waals surface area contributed by atoms with E-state index in [2.05, 4.69) is 25.6 Å². The molecule has 0 spiro atoms. The van der Waals surface area contributed by atoms with Gasteiger partial charge in [-0.05, 0) is 15.9 Å². The van der Waals surface area contributed by atoms with E-state index < -0.39 is 10.0 Å². The van der Waals surface area contributed by atoms with Crippen molar-refractivity contribution >= 4 is 42.4 Å². The van der Waals surface area contributed by atoms with Gasteiger partial charge in [0.25, 0.3) is 10.0 Å². The highest BCUT2D eigenvalue weighted by Gasteiger charge is 2.25. The van der Waals surface area contributed by atoms with Crippen molar-refractivity contribution in [2.45, 2.75) is 37.7 Å². The van der Waals surface area contributed by atoms with Gasteiger partial charge in [-0.2, -0.15) is 0 Å². The summed E-state index contributed by atoms with van der Waals surface area (Å²) in [5.74, 6) is 0.164. The third kappa shape index (κ3) is 3.65. The fourth-order valence-corrected chi connectivity index (χ4v) is 4.68. The second kappa shape index (κ2) is 5.71. The van der Waals surface area contributed by atoms with E-state index in [-0.39, 0.29) is 27.3 Å². The van der Waals surface area contributed by atoms with E-state index in [1.807, 2.05) is 26.2 Å². The van der Waals surface area contributed by atoms with Gasteiger partial charge >= 0.3 is 0 Å². The average Bonchev–Trinajstić information content (AvgIpc) is 2.94. The zero-order valence-electron chi connectivity index (χ0n) is 11.7. The highest BCUT2D eigenvalue weighted by molar-refractivity contribution is 9.10. The van der Waals surface area contributed by atoms with Crippen molar-refractivity contribution in [2.75, 3.05) is 4.72 Å². The molecule has 0 aliphatic rings. The molecule has 116 valence electrons. The molecule has 0 radical (unpaired) electrons. The first kappa shape index (κ1) is 16.5. The predicted molar refractivity (Wildman–Crippen MR) is 84.0 cm³/mol. The fraction of sp³-hybridized carbons (Fsp3) is 0.417. The first-order valence-corrected chi connectivity index (χ1v) is 9.17. The Morgan fingerprint density at radius 2 is 2.14 bits per heavy atom. The second-order valence-electron chi connectivity index (χ2n) is 5.40. The maximum atomic E-state index is 12.3. The van der Waals surface area contributed by atoms with Crippen molar-refractivity contribution in [1.82, 2.24) is 4.98 Å². The first-order chi connectivity index (χ1) is 9.63. The molecule has 0 unspecified atom stereocenters. The van der Waals surface area contributed by atoms with Crippen LogP contribution < -0.4 is 4.72 Å². The first-order valence-electron chi connectivity index (χ1n) is 6.01. The standard InChI is InChI=1S/C12H15BrN2O4S2/c1-12(2,3)9-6-20-11(14-9)15-21(17,18)8-4-7(5-16)19-10(8)13/h4,6,16H,5H2,1-3H3,(H,14,15). The van der Waals surface area contributed by atoms with Crippen LogP contribution in [0.1, 0.15) is 32.2 Å². The van der Waals surface area contributed by atoms with Crippen LogP contribution in [0.4, 0.5) is 5.13 Å². The van der Waals surface area contributed by atoms with Crippen LogP contribution in [-0.4, -0.2) is 18.5 Å². The lowest BCUT2D eigenvalue weighted by Gasteiger charge is -2.14. The van der Waals surface area contributed by atoms with E-state index >= 15 is 0 Å². The van der Waals surface area contributed by atoms with Crippen molar-refractivity contribution < 1.29 is 17.9 Å². The molecule has 0 fully saturated rings. The second-order valence-corrected chi connectivity index (χ2v) is 8.63. The molecule has 0 bridgehead atoms. The number of sulfonamides is 1. The van der Waals surface area contributed by atoms with Crippen LogP contribution in [0.2, 0.25) is 0 Å². The smallest absolute Gasteiger partial charge is 0.268 e. The number of hydrogen-bond acceptors (Lipinski definition) is 6. The van der Waals surface area contributed by atoms with Crippen LogP contribution in [0.3, 0.4) is 0 Å². The van der Waals surface area contributed by atoms with Gasteiger partial charge in [-0.3, -0.25) is 4.72 Å². The maximum Gasteiger partial charge on any atom is 0.268 e. The fourth-order valence-electron chi connectivity index (χ4n) is 1.49. The van der Waals surface area contributed by atoms with Crippen LogP contribution >= 0.6 is 27.3 Å². The summed E-state index contributed by atoms with van der Waals surface area (Å²) in [5, 5.41) is 11.1. The van der Waals surface area contributed by atoms with Crippen molar-refractivity contribution in [1.29, 1.82) is 0 Å². The van der Waals surface area contributed by atoms with Gasteiger partial charge in [0.05, 0.1) is 5.69 Å². The highest BCUT2D eigenvalue weighted by Crippen LogP contribution is 2.30. The summed E-state index contributed by atoms with van der Waals surface area (Å²) in [6.07, 6.45) is 0. The van der Waals surface area contributed by atoms with Gasteiger partial charge in [-0.25, -0.2) is 13.4 Å². The highest BCUT2D eigenvalue weighted by atomic mass is 79.9. The molecule has 6 nitrogen and oxygen atoms in total. The number of aliphatic hydroxyl groups is 1. The number of nitrogens with zero attached hydrogens (tertiary/aromatic N) is 1. The molecule has 9 heteroatoms. The Labute approximate surface area is 135 Å². The number of furan rings is 1. The van der Waals surface area contributed by atoms with E-state index in [9.17, 15) is 8.42 Å². The SMILES string of the molecule is CC(C)(C)c1csc(NS(=O)(=O)c2cc(CO)oc2Br)n1. The molecule has 2 aromatic heterocycles. The Kier molecular flexibility index (Phi) is 4.48. The predicted octanol–water partition coefficient (Wildman–Crippen LogP) is 3.09. The molecular formula is C12H15BrN2O4S2. The molecule has 0 aliphatic carbocycles. The summed E-state index contributed by atoms with van der Waals surface area (Å²) < 4.78 is 32.1. The summed E-state index contributed by atoms with van der Waals surface area (Å²) in [6.45, 7) is 5.63. The van der Waals surface area contributed by atoms with Crippen molar-refractivity contribution in [3.8, 4) is 0 Å². The summed E-state index contributed by atoms with van der Waals surface area (Å²) in [6, 6.07) is 1.27.